The van der Waals surface area contributed by atoms with Crippen molar-refractivity contribution in [2.45, 2.75) is 50.4 Å². The topological polar surface area (TPSA) is 29.9 Å². The van der Waals surface area contributed by atoms with Crippen molar-refractivity contribution in [3.05, 3.63) is 18.2 Å². The van der Waals surface area contributed by atoms with Crippen molar-refractivity contribution in [3.63, 3.8) is 0 Å². The summed E-state index contributed by atoms with van der Waals surface area (Å²) in [7, 11) is 2.06. The van der Waals surface area contributed by atoms with Crippen LogP contribution in [0.2, 0.25) is 0 Å². The van der Waals surface area contributed by atoms with Gasteiger partial charge < -0.3 is 9.88 Å². The Morgan fingerprint density at radius 3 is 3.00 bits per heavy atom. The van der Waals surface area contributed by atoms with Crippen LogP contribution in [0.4, 0.5) is 0 Å². The van der Waals surface area contributed by atoms with Crippen LogP contribution in [0.3, 0.4) is 0 Å². The lowest BCUT2D eigenvalue weighted by Gasteiger charge is -2.31. The molecule has 0 aliphatic heterocycles. The average Bonchev–Trinajstić information content (AvgIpc) is 2.74. The van der Waals surface area contributed by atoms with E-state index in [1.54, 1.807) is 0 Å². The Bertz CT molecular complexity index is 335. The third-order valence-corrected chi connectivity index (χ3v) is 4.85. The predicted molar refractivity (Wildman–Crippen MR) is 74.2 cm³/mol. The summed E-state index contributed by atoms with van der Waals surface area (Å²) in [5.41, 5.74) is 0. The molecule has 0 saturated heterocycles. The molecule has 3 nitrogen and oxygen atoms in total. The zero-order chi connectivity index (χ0) is 12.1. The third-order valence-electron chi connectivity index (χ3n) is 3.53. The van der Waals surface area contributed by atoms with Gasteiger partial charge in [0.2, 0.25) is 0 Å². The lowest BCUT2D eigenvalue weighted by atomic mass is 9.95. The summed E-state index contributed by atoms with van der Waals surface area (Å²) in [4.78, 5) is 4.36. The van der Waals surface area contributed by atoms with Crippen molar-refractivity contribution < 1.29 is 0 Å². The molecule has 1 saturated carbocycles. The molecule has 0 spiro atoms. The maximum atomic E-state index is 4.36. The highest BCUT2D eigenvalue weighted by Crippen LogP contribution is 2.28. The fraction of sp³-hybridized carbons (Fsp3) is 0.769. The molecule has 1 aromatic rings. The molecular formula is C13H23N3S. The minimum atomic E-state index is 0.672. The molecule has 2 atom stereocenters. The van der Waals surface area contributed by atoms with E-state index < -0.39 is 0 Å². The van der Waals surface area contributed by atoms with E-state index in [4.69, 9.17) is 0 Å². The van der Waals surface area contributed by atoms with E-state index in [-0.39, 0.29) is 0 Å². The Kier molecular flexibility index (Phi) is 4.92. The van der Waals surface area contributed by atoms with Gasteiger partial charge in [-0.25, -0.2) is 4.98 Å². The van der Waals surface area contributed by atoms with E-state index >= 15 is 0 Å². The second kappa shape index (κ2) is 6.45. The van der Waals surface area contributed by atoms with Crippen LogP contribution in [0.15, 0.2) is 12.4 Å². The van der Waals surface area contributed by atoms with Gasteiger partial charge in [0.1, 0.15) is 5.82 Å². The van der Waals surface area contributed by atoms with Crippen molar-refractivity contribution in [2.75, 3.05) is 5.75 Å². The van der Waals surface area contributed by atoms with Gasteiger partial charge in [0, 0.05) is 30.7 Å². The van der Waals surface area contributed by atoms with Gasteiger partial charge in [-0.3, -0.25) is 0 Å². The van der Waals surface area contributed by atoms with E-state index in [1.807, 2.05) is 12.4 Å². The van der Waals surface area contributed by atoms with Crippen LogP contribution >= 0.6 is 11.8 Å². The zero-order valence-corrected chi connectivity index (χ0v) is 11.7. The Balaban J connectivity index is 1.86. The highest BCUT2D eigenvalue weighted by molar-refractivity contribution is 7.99. The average molecular weight is 253 g/mol. The minimum Gasteiger partial charge on any atom is -0.337 e. The first-order chi connectivity index (χ1) is 8.31. The van der Waals surface area contributed by atoms with Gasteiger partial charge >= 0.3 is 0 Å². The van der Waals surface area contributed by atoms with E-state index in [2.05, 4.69) is 40.6 Å². The number of thioether (sulfide) groups is 1. The van der Waals surface area contributed by atoms with Gasteiger partial charge in [0.25, 0.3) is 0 Å². The monoisotopic (exact) mass is 253 g/mol. The first-order valence-corrected chi connectivity index (χ1v) is 7.67. The number of imidazole rings is 1. The standard InChI is InChI=1S/C13H23N3S/c1-3-17-12-7-5-4-6-11(12)15-10-13-14-8-9-16(13)2/h8-9,11-12,15H,3-7,10H2,1-2H3/t11-,12+/m1/s1. The number of aryl methyl sites for hydroxylation is 1. The number of rotatable bonds is 5. The van der Waals surface area contributed by atoms with Crippen molar-refractivity contribution >= 4 is 11.8 Å². The zero-order valence-electron chi connectivity index (χ0n) is 10.9. The Labute approximate surface area is 108 Å². The number of nitrogens with one attached hydrogen (secondary N) is 1. The summed E-state index contributed by atoms with van der Waals surface area (Å²) in [6, 6.07) is 0.672. The second-order valence-electron chi connectivity index (χ2n) is 4.72. The van der Waals surface area contributed by atoms with Gasteiger partial charge in [-0.1, -0.05) is 19.8 Å². The predicted octanol–water partition coefficient (Wildman–Crippen LogP) is 2.57. The molecule has 1 heterocycles. The van der Waals surface area contributed by atoms with Crippen LogP contribution in [-0.2, 0) is 13.6 Å². The van der Waals surface area contributed by atoms with Crippen LogP contribution in [0, 0.1) is 0 Å². The Morgan fingerprint density at radius 1 is 1.47 bits per heavy atom. The first-order valence-electron chi connectivity index (χ1n) is 6.62. The van der Waals surface area contributed by atoms with Crippen LogP contribution in [0.5, 0.6) is 0 Å². The van der Waals surface area contributed by atoms with Gasteiger partial charge in [0.05, 0.1) is 6.54 Å². The molecule has 0 bridgehead atoms. The van der Waals surface area contributed by atoms with Gasteiger partial charge in [-0.15, -0.1) is 0 Å². The summed E-state index contributed by atoms with van der Waals surface area (Å²) in [5.74, 6) is 2.36. The smallest absolute Gasteiger partial charge is 0.122 e. The molecule has 96 valence electrons. The van der Waals surface area contributed by atoms with E-state index in [0.29, 0.717) is 6.04 Å². The fourth-order valence-corrected chi connectivity index (χ4v) is 3.76. The quantitative estimate of drug-likeness (QED) is 0.874. The van der Waals surface area contributed by atoms with E-state index in [1.165, 1.54) is 31.4 Å². The fourth-order valence-electron chi connectivity index (χ4n) is 2.53. The lowest BCUT2D eigenvalue weighted by Crippen LogP contribution is -2.40. The molecule has 1 aliphatic carbocycles. The van der Waals surface area contributed by atoms with Crippen molar-refractivity contribution in [3.8, 4) is 0 Å². The molecule has 1 N–H and O–H groups in total. The maximum Gasteiger partial charge on any atom is 0.122 e. The normalized spacial score (nSPS) is 25.1. The molecule has 2 rings (SSSR count). The van der Waals surface area contributed by atoms with Crippen molar-refractivity contribution in [1.82, 2.24) is 14.9 Å². The lowest BCUT2D eigenvalue weighted by molar-refractivity contribution is 0.378. The molecule has 17 heavy (non-hydrogen) atoms. The number of nitrogens with zero attached hydrogens (tertiary/aromatic N) is 2. The van der Waals surface area contributed by atoms with Crippen molar-refractivity contribution in [2.24, 2.45) is 7.05 Å². The molecule has 0 unspecified atom stereocenters. The number of hydrogen-bond acceptors (Lipinski definition) is 3. The minimum absolute atomic E-state index is 0.672. The van der Waals surface area contributed by atoms with Crippen LogP contribution in [0.1, 0.15) is 38.4 Å². The van der Waals surface area contributed by atoms with E-state index in [9.17, 15) is 0 Å². The van der Waals surface area contributed by atoms with Crippen LogP contribution < -0.4 is 5.32 Å². The Morgan fingerprint density at radius 2 is 2.29 bits per heavy atom. The Hall–Kier alpha value is -0.480. The number of aromatic nitrogens is 2. The molecule has 1 aliphatic rings. The summed E-state index contributed by atoms with van der Waals surface area (Å²) < 4.78 is 2.10. The second-order valence-corrected chi connectivity index (χ2v) is 6.24. The van der Waals surface area contributed by atoms with Gasteiger partial charge in [-0.2, -0.15) is 11.8 Å². The first kappa shape index (κ1) is 13.0. The molecule has 1 aromatic heterocycles. The number of hydrogen-bond donors (Lipinski definition) is 1. The van der Waals surface area contributed by atoms with Crippen molar-refractivity contribution in [1.29, 1.82) is 0 Å². The summed E-state index contributed by atoms with van der Waals surface area (Å²) >= 11 is 2.11. The van der Waals surface area contributed by atoms with Gasteiger partial charge in [-0.05, 0) is 18.6 Å². The molecule has 0 amide bonds. The molecule has 1 fully saturated rings. The summed E-state index contributed by atoms with van der Waals surface area (Å²) in [5, 5.41) is 4.50. The summed E-state index contributed by atoms with van der Waals surface area (Å²) in [6.45, 7) is 3.16. The highest BCUT2D eigenvalue weighted by Gasteiger charge is 2.24. The molecule has 0 radical (unpaired) electrons. The summed E-state index contributed by atoms with van der Waals surface area (Å²) in [6.07, 6.45) is 9.35. The molecule has 0 aromatic carbocycles. The van der Waals surface area contributed by atoms with Crippen LogP contribution in [0.25, 0.3) is 0 Å². The van der Waals surface area contributed by atoms with Gasteiger partial charge in [0.15, 0.2) is 0 Å². The maximum absolute atomic E-state index is 4.36. The SMILES string of the molecule is CCS[C@H]1CCCC[C@H]1NCc1nccn1C. The molecular weight excluding hydrogens is 230 g/mol. The molecule has 4 heteroatoms. The largest absolute Gasteiger partial charge is 0.337 e. The highest BCUT2D eigenvalue weighted by atomic mass is 32.2. The van der Waals surface area contributed by atoms with Crippen LogP contribution in [-0.4, -0.2) is 26.6 Å². The third kappa shape index (κ3) is 3.49. The van der Waals surface area contributed by atoms with E-state index in [0.717, 1.165) is 17.6 Å².